The monoisotopic (exact) mass is 320 g/mol. The summed E-state index contributed by atoms with van der Waals surface area (Å²) in [6.45, 7) is -0.612. The van der Waals surface area contributed by atoms with E-state index in [1.54, 1.807) is 6.07 Å². The Morgan fingerprint density at radius 1 is 1.00 bits per heavy atom. The Bertz CT molecular complexity index is 560. The Morgan fingerprint density at radius 3 is 2.24 bits per heavy atom. The van der Waals surface area contributed by atoms with Gasteiger partial charge < -0.3 is 25.2 Å². The van der Waals surface area contributed by atoms with Crippen molar-refractivity contribution >= 4 is 10.1 Å². The zero-order valence-electron chi connectivity index (χ0n) is 10.8. The van der Waals surface area contributed by atoms with Gasteiger partial charge in [-0.15, -0.1) is 0 Å². The molecule has 1 fully saturated rings. The Hall–Kier alpha value is -1.07. The third kappa shape index (κ3) is 3.58. The largest absolute Gasteiger partial charge is 0.387 e. The molecule has 8 nitrogen and oxygen atoms in total. The minimum atomic E-state index is -4.05. The molecule has 1 saturated heterocycles. The second-order valence-corrected chi connectivity index (χ2v) is 6.20. The summed E-state index contributed by atoms with van der Waals surface area (Å²) in [5.74, 6) is 0. The molecule has 0 aromatic heterocycles. The van der Waals surface area contributed by atoms with E-state index in [9.17, 15) is 28.8 Å². The highest BCUT2D eigenvalue weighted by Crippen LogP contribution is 2.21. The van der Waals surface area contributed by atoms with Gasteiger partial charge in [0.1, 0.15) is 24.4 Å². The standard InChI is InChI=1S/C12H16O8S/c13-9-8(20-12(16)11(15)10(9)14)6-19-21(17,18)7-4-2-1-3-5-7/h1-5,8-16H,6H2/t8-,9-,10+,11-,12+/m1/s1. The van der Waals surface area contributed by atoms with Crippen molar-refractivity contribution in [3.63, 3.8) is 0 Å². The second-order valence-electron chi connectivity index (χ2n) is 4.59. The lowest BCUT2D eigenvalue weighted by molar-refractivity contribution is -0.285. The van der Waals surface area contributed by atoms with E-state index in [0.717, 1.165) is 0 Å². The minimum Gasteiger partial charge on any atom is -0.387 e. The lowest BCUT2D eigenvalue weighted by Gasteiger charge is -2.37. The first-order chi connectivity index (χ1) is 9.83. The molecule has 0 spiro atoms. The predicted octanol–water partition coefficient (Wildman–Crippen LogP) is -1.81. The fourth-order valence-corrected chi connectivity index (χ4v) is 2.82. The molecule has 9 heteroatoms. The molecule has 0 saturated carbocycles. The van der Waals surface area contributed by atoms with Gasteiger partial charge in [-0.1, -0.05) is 18.2 Å². The summed E-state index contributed by atoms with van der Waals surface area (Å²) in [7, 11) is -4.05. The van der Waals surface area contributed by atoms with Crippen molar-refractivity contribution in [2.45, 2.75) is 35.6 Å². The Kier molecular flexibility index (Phi) is 4.94. The summed E-state index contributed by atoms with van der Waals surface area (Å²) in [6, 6.07) is 7.35. The quantitative estimate of drug-likeness (QED) is 0.477. The SMILES string of the molecule is O=S(=O)(OC[C@H]1O[C@H](O)[C@H](O)[C@@H](O)[C@@H]1O)c1ccccc1. The molecule has 1 aromatic carbocycles. The van der Waals surface area contributed by atoms with E-state index in [2.05, 4.69) is 0 Å². The topological polar surface area (TPSA) is 134 Å². The van der Waals surface area contributed by atoms with Crippen LogP contribution in [0.4, 0.5) is 0 Å². The van der Waals surface area contributed by atoms with Crippen LogP contribution < -0.4 is 0 Å². The average Bonchev–Trinajstić information content (AvgIpc) is 2.48. The molecule has 1 aliphatic rings. The normalized spacial score (nSPS) is 33.8. The predicted molar refractivity (Wildman–Crippen MR) is 68.5 cm³/mol. The van der Waals surface area contributed by atoms with Gasteiger partial charge >= 0.3 is 0 Å². The van der Waals surface area contributed by atoms with Crippen molar-refractivity contribution in [2.24, 2.45) is 0 Å². The third-order valence-corrected chi connectivity index (χ3v) is 4.40. The highest BCUT2D eigenvalue weighted by Gasteiger charge is 2.43. The van der Waals surface area contributed by atoms with Crippen molar-refractivity contribution in [2.75, 3.05) is 6.61 Å². The fourth-order valence-electron chi connectivity index (χ4n) is 1.88. The highest BCUT2D eigenvalue weighted by atomic mass is 32.2. The summed E-state index contributed by atoms with van der Waals surface area (Å²) in [5, 5.41) is 37.8. The highest BCUT2D eigenvalue weighted by molar-refractivity contribution is 7.86. The number of ether oxygens (including phenoxy) is 1. The molecular formula is C12H16O8S. The van der Waals surface area contributed by atoms with Crippen molar-refractivity contribution in [3.05, 3.63) is 30.3 Å². The van der Waals surface area contributed by atoms with Crippen LogP contribution in [0.5, 0.6) is 0 Å². The fraction of sp³-hybridized carbons (Fsp3) is 0.500. The van der Waals surface area contributed by atoms with Crippen molar-refractivity contribution in [1.82, 2.24) is 0 Å². The minimum absolute atomic E-state index is 0.0727. The number of rotatable bonds is 4. The molecule has 1 aromatic rings. The molecule has 0 unspecified atom stereocenters. The molecule has 0 bridgehead atoms. The molecule has 0 radical (unpaired) electrons. The maximum atomic E-state index is 11.9. The van der Waals surface area contributed by atoms with Crippen LogP contribution in [-0.4, -0.2) is 66.2 Å². The molecule has 5 atom stereocenters. The van der Waals surface area contributed by atoms with Crippen molar-refractivity contribution in [1.29, 1.82) is 0 Å². The molecular weight excluding hydrogens is 304 g/mol. The van der Waals surface area contributed by atoms with Gasteiger partial charge in [-0.05, 0) is 12.1 Å². The van der Waals surface area contributed by atoms with E-state index in [4.69, 9.17) is 8.92 Å². The summed E-state index contributed by atoms with van der Waals surface area (Å²) in [4.78, 5) is -0.0727. The average molecular weight is 320 g/mol. The van der Waals surface area contributed by atoms with Crippen molar-refractivity contribution < 1.29 is 37.8 Å². The zero-order valence-corrected chi connectivity index (χ0v) is 11.6. The summed E-state index contributed by atoms with van der Waals surface area (Å²) in [5.41, 5.74) is 0. The summed E-state index contributed by atoms with van der Waals surface area (Å²) >= 11 is 0. The molecule has 4 N–H and O–H groups in total. The Labute approximate surface area is 121 Å². The zero-order chi connectivity index (χ0) is 15.6. The summed E-state index contributed by atoms with van der Waals surface area (Å²) in [6.07, 6.45) is -7.97. The van der Waals surface area contributed by atoms with Crippen LogP contribution in [0, 0.1) is 0 Å². The van der Waals surface area contributed by atoms with Crippen LogP contribution in [0.3, 0.4) is 0 Å². The van der Waals surface area contributed by atoms with Crippen LogP contribution in [0.15, 0.2) is 35.2 Å². The number of hydrogen-bond acceptors (Lipinski definition) is 8. The van der Waals surface area contributed by atoms with E-state index in [-0.39, 0.29) is 4.90 Å². The van der Waals surface area contributed by atoms with Gasteiger partial charge in [-0.3, -0.25) is 4.18 Å². The Morgan fingerprint density at radius 2 is 1.62 bits per heavy atom. The van der Waals surface area contributed by atoms with Gasteiger partial charge in [0.05, 0.1) is 11.5 Å². The van der Waals surface area contributed by atoms with E-state index in [1.807, 2.05) is 0 Å². The number of aliphatic hydroxyl groups is 4. The molecule has 1 aliphatic heterocycles. The maximum Gasteiger partial charge on any atom is 0.297 e. The van der Waals surface area contributed by atoms with Crippen LogP contribution >= 0.6 is 0 Å². The van der Waals surface area contributed by atoms with E-state index < -0.39 is 47.4 Å². The van der Waals surface area contributed by atoms with Gasteiger partial charge in [0.25, 0.3) is 10.1 Å². The van der Waals surface area contributed by atoms with Crippen LogP contribution in [0.1, 0.15) is 0 Å². The Balaban J connectivity index is 2.03. The van der Waals surface area contributed by atoms with Gasteiger partial charge in [0, 0.05) is 0 Å². The first-order valence-electron chi connectivity index (χ1n) is 6.15. The smallest absolute Gasteiger partial charge is 0.297 e. The third-order valence-electron chi connectivity index (χ3n) is 3.11. The first-order valence-corrected chi connectivity index (χ1v) is 7.56. The van der Waals surface area contributed by atoms with E-state index in [0.29, 0.717) is 0 Å². The lowest BCUT2D eigenvalue weighted by atomic mass is 10.00. The second kappa shape index (κ2) is 6.36. The first kappa shape index (κ1) is 16.3. The molecule has 21 heavy (non-hydrogen) atoms. The van der Waals surface area contributed by atoms with Gasteiger partial charge in [0.15, 0.2) is 6.29 Å². The summed E-state index contributed by atoms with van der Waals surface area (Å²) < 4.78 is 33.3. The lowest BCUT2D eigenvalue weighted by Crippen LogP contribution is -2.58. The maximum absolute atomic E-state index is 11.9. The number of aliphatic hydroxyl groups excluding tert-OH is 4. The van der Waals surface area contributed by atoms with Crippen LogP contribution in [-0.2, 0) is 19.0 Å². The van der Waals surface area contributed by atoms with E-state index in [1.165, 1.54) is 24.3 Å². The molecule has 0 aliphatic carbocycles. The van der Waals surface area contributed by atoms with Crippen LogP contribution in [0.25, 0.3) is 0 Å². The number of hydrogen-bond donors (Lipinski definition) is 4. The molecule has 118 valence electrons. The molecule has 2 rings (SSSR count). The van der Waals surface area contributed by atoms with Gasteiger partial charge in [-0.25, -0.2) is 0 Å². The van der Waals surface area contributed by atoms with E-state index >= 15 is 0 Å². The number of benzene rings is 1. The van der Waals surface area contributed by atoms with Gasteiger partial charge in [-0.2, -0.15) is 8.42 Å². The molecule has 0 amide bonds. The van der Waals surface area contributed by atoms with Gasteiger partial charge in [0.2, 0.25) is 0 Å². The van der Waals surface area contributed by atoms with Crippen molar-refractivity contribution in [3.8, 4) is 0 Å². The molecule has 1 heterocycles. The van der Waals surface area contributed by atoms with Crippen LogP contribution in [0.2, 0.25) is 0 Å².